The van der Waals surface area contributed by atoms with Gasteiger partial charge in [0.1, 0.15) is 17.8 Å². The van der Waals surface area contributed by atoms with E-state index in [-0.39, 0.29) is 44.1 Å². The van der Waals surface area contributed by atoms with Crippen LogP contribution in [0.1, 0.15) is 17.5 Å². The van der Waals surface area contributed by atoms with Crippen LogP contribution in [-0.4, -0.2) is 90.1 Å². The van der Waals surface area contributed by atoms with Crippen molar-refractivity contribution in [2.45, 2.75) is 37.4 Å². The van der Waals surface area contributed by atoms with E-state index in [9.17, 15) is 24.3 Å². The third kappa shape index (κ3) is 10.6. The first-order chi connectivity index (χ1) is 19.0. The molecule has 13 nitrogen and oxygen atoms in total. The van der Waals surface area contributed by atoms with E-state index >= 15 is 0 Å². The van der Waals surface area contributed by atoms with Crippen molar-refractivity contribution in [2.24, 2.45) is 16.5 Å². The molecule has 13 heteroatoms. The highest BCUT2D eigenvalue weighted by molar-refractivity contribution is 5.93. The Morgan fingerprint density at radius 1 is 0.875 bits per heavy atom. The Morgan fingerprint density at radius 3 is 2.00 bits per heavy atom. The molecule has 0 bridgehead atoms. The number of amides is 3. The van der Waals surface area contributed by atoms with Gasteiger partial charge < -0.3 is 42.5 Å². The molecule has 216 valence electrons. The minimum atomic E-state index is -1.22. The van der Waals surface area contributed by atoms with E-state index in [2.05, 4.69) is 20.9 Å². The van der Waals surface area contributed by atoms with E-state index in [1.165, 1.54) is 24.1 Å². The molecule has 0 aliphatic carbocycles. The fraction of sp³-hybridized carbons (Fsp3) is 0.370. The highest BCUT2D eigenvalue weighted by Crippen LogP contribution is 2.12. The number of aromatic hydroxyl groups is 1. The number of carboxylic acids is 1. The number of nitrogens with zero attached hydrogens (tertiary/aromatic N) is 2. The molecule has 0 heterocycles. The molecule has 40 heavy (non-hydrogen) atoms. The molecule has 9 N–H and O–H groups in total. The number of phenols is 1. The summed E-state index contributed by atoms with van der Waals surface area (Å²) in [6, 6.07) is 12.4. The summed E-state index contributed by atoms with van der Waals surface area (Å²) in [6.45, 7) is -0.332. The number of aliphatic carboxylic acids is 1. The highest BCUT2D eigenvalue weighted by atomic mass is 16.4. The number of likely N-dealkylation sites (N-methyl/N-ethyl adjacent to an activating group) is 2. The van der Waals surface area contributed by atoms with Crippen LogP contribution in [-0.2, 0) is 32.0 Å². The quantitative estimate of drug-likeness (QED) is 0.105. The number of guanidine groups is 1. The Balaban J connectivity index is 2.23. The zero-order valence-electron chi connectivity index (χ0n) is 22.5. The lowest BCUT2D eigenvalue weighted by atomic mass is 10.0. The normalized spacial score (nSPS) is 12.8. The molecule has 2 aromatic carbocycles. The van der Waals surface area contributed by atoms with E-state index in [0.29, 0.717) is 0 Å². The first kappa shape index (κ1) is 31.6. The summed E-state index contributed by atoms with van der Waals surface area (Å²) in [5, 5.41) is 26.7. The van der Waals surface area contributed by atoms with Gasteiger partial charge in [-0.2, -0.15) is 0 Å². The van der Waals surface area contributed by atoms with Gasteiger partial charge in [0.05, 0.1) is 19.0 Å². The zero-order chi connectivity index (χ0) is 29.7. The van der Waals surface area contributed by atoms with Crippen LogP contribution < -0.4 is 27.4 Å². The largest absolute Gasteiger partial charge is 0.508 e. The molecule has 0 aliphatic heterocycles. The van der Waals surface area contributed by atoms with Crippen LogP contribution in [0.2, 0.25) is 0 Å². The van der Waals surface area contributed by atoms with Gasteiger partial charge in [-0.05, 0) is 36.7 Å². The summed E-state index contributed by atoms with van der Waals surface area (Å²) in [5.74, 6) is -2.95. The summed E-state index contributed by atoms with van der Waals surface area (Å²) < 4.78 is 0. The molecular weight excluding hydrogens is 518 g/mol. The van der Waals surface area contributed by atoms with Crippen LogP contribution in [0.25, 0.3) is 0 Å². The van der Waals surface area contributed by atoms with Crippen LogP contribution >= 0.6 is 0 Å². The van der Waals surface area contributed by atoms with E-state index < -0.39 is 41.8 Å². The van der Waals surface area contributed by atoms with Gasteiger partial charge in [0, 0.05) is 20.0 Å². The van der Waals surface area contributed by atoms with Crippen molar-refractivity contribution in [1.82, 2.24) is 20.9 Å². The molecule has 0 fully saturated rings. The van der Waals surface area contributed by atoms with Crippen LogP contribution in [0.4, 0.5) is 0 Å². The molecular formula is C27H37N7O6. The fourth-order valence-corrected chi connectivity index (χ4v) is 3.82. The van der Waals surface area contributed by atoms with Crippen molar-refractivity contribution < 1.29 is 29.4 Å². The minimum Gasteiger partial charge on any atom is -0.508 e. The van der Waals surface area contributed by atoms with Gasteiger partial charge in [-0.25, -0.2) is 0 Å². The molecule has 2 aromatic rings. The molecule has 3 amide bonds. The lowest BCUT2D eigenvalue weighted by molar-refractivity contribution is -0.139. The monoisotopic (exact) mass is 555 g/mol. The number of nitrogens with one attached hydrogen (secondary N) is 3. The Kier molecular flexibility index (Phi) is 12.4. The number of nitrogens with two attached hydrogens (primary N) is 2. The van der Waals surface area contributed by atoms with Gasteiger partial charge >= 0.3 is 5.97 Å². The number of carbonyl (C=O) groups is 4. The first-order valence-corrected chi connectivity index (χ1v) is 12.6. The minimum absolute atomic E-state index is 0.0510. The number of rotatable bonds is 15. The maximum absolute atomic E-state index is 13.4. The third-order valence-corrected chi connectivity index (χ3v) is 6.07. The second-order valence-corrected chi connectivity index (χ2v) is 9.19. The number of benzene rings is 2. The summed E-state index contributed by atoms with van der Waals surface area (Å²) in [7, 11) is 3.05. The van der Waals surface area contributed by atoms with Gasteiger partial charge in [0.2, 0.25) is 17.7 Å². The Hall–Kier alpha value is -4.65. The fourth-order valence-electron chi connectivity index (χ4n) is 3.82. The Labute approximate surface area is 232 Å². The lowest BCUT2D eigenvalue weighted by Gasteiger charge is -2.27. The van der Waals surface area contributed by atoms with Gasteiger partial charge in [0.25, 0.3) is 0 Å². The van der Waals surface area contributed by atoms with E-state index in [0.717, 1.165) is 11.1 Å². The molecule has 0 unspecified atom stereocenters. The molecule has 0 radical (unpaired) electrons. The summed E-state index contributed by atoms with van der Waals surface area (Å²) in [5.41, 5.74) is 12.5. The maximum Gasteiger partial charge on any atom is 0.305 e. The number of aliphatic imine (C=N–C) groups is 1. The van der Waals surface area contributed by atoms with Crippen molar-refractivity contribution in [3.8, 4) is 5.75 Å². The second-order valence-electron chi connectivity index (χ2n) is 9.19. The summed E-state index contributed by atoms with van der Waals surface area (Å²) in [6.07, 6.45) is 0.137. The van der Waals surface area contributed by atoms with Gasteiger partial charge in [-0.15, -0.1) is 0 Å². The van der Waals surface area contributed by atoms with Crippen LogP contribution in [0.15, 0.2) is 59.6 Å². The van der Waals surface area contributed by atoms with Crippen molar-refractivity contribution in [1.29, 1.82) is 0 Å². The number of carbonyl (C=O) groups excluding carboxylic acids is 3. The Bertz CT molecular complexity index is 1170. The van der Waals surface area contributed by atoms with Crippen molar-refractivity contribution in [3.63, 3.8) is 0 Å². The van der Waals surface area contributed by atoms with Crippen molar-refractivity contribution >= 4 is 29.7 Å². The van der Waals surface area contributed by atoms with Gasteiger partial charge in [-0.3, -0.25) is 24.2 Å². The predicted molar refractivity (Wildman–Crippen MR) is 149 cm³/mol. The standard InChI is InChI=1S/C27H37N7O6/c1-30-20(14-18-8-10-19(35)11-9-18)24(38)33-22(16-31-27(28)29)25(39)32-21(15-17-6-4-3-5-7-17)26(40)34(2)13-12-23(36)37/h3-11,20-22,30,35H,12-16H2,1-2H3,(H,32,39)(H,33,38)(H,36,37)(H4,28,29,31)/t20-,21-,22+/m0/s1. The average molecular weight is 556 g/mol. The van der Waals surface area contributed by atoms with Crippen molar-refractivity contribution in [3.05, 3.63) is 65.7 Å². The topological polar surface area (TPSA) is 212 Å². The molecule has 0 spiro atoms. The molecule has 0 aliphatic rings. The number of hydrogen-bond acceptors (Lipinski definition) is 7. The average Bonchev–Trinajstić information content (AvgIpc) is 2.93. The number of phenolic OH excluding ortho intramolecular Hbond substituents is 1. The predicted octanol–water partition coefficient (Wildman–Crippen LogP) is -1.06. The van der Waals surface area contributed by atoms with Crippen LogP contribution in [0.5, 0.6) is 5.75 Å². The molecule has 0 aromatic heterocycles. The smallest absolute Gasteiger partial charge is 0.305 e. The van der Waals surface area contributed by atoms with Gasteiger partial charge in [0.15, 0.2) is 5.96 Å². The number of hydrogen-bond donors (Lipinski definition) is 7. The van der Waals surface area contributed by atoms with Crippen LogP contribution in [0, 0.1) is 0 Å². The molecule has 0 saturated carbocycles. The van der Waals surface area contributed by atoms with E-state index in [1.807, 2.05) is 6.07 Å². The summed E-state index contributed by atoms with van der Waals surface area (Å²) >= 11 is 0. The van der Waals surface area contributed by atoms with Crippen LogP contribution in [0.3, 0.4) is 0 Å². The molecule has 2 rings (SSSR count). The highest BCUT2D eigenvalue weighted by Gasteiger charge is 2.30. The molecule has 3 atom stereocenters. The van der Waals surface area contributed by atoms with Crippen molar-refractivity contribution in [2.75, 3.05) is 27.2 Å². The zero-order valence-corrected chi connectivity index (χ0v) is 22.5. The third-order valence-electron chi connectivity index (χ3n) is 6.07. The Morgan fingerprint density at radius 2 is 1.43 bits per heavy atom. The lowest BCUT2D eigenvalue weighted by Crippen LogP contribution is -2.58. The van der Waals surface area contributed by atoms with E-state index in [1.54, 1.807) is 43.4 Å². The maximum atomic E-state index is 13.4. The number of carboxylic acid groups (broad SMARTS) is 1. The summed E-state index contributed by atoms with van der Waals surface area (Å²) in [4.78, 5) is 55.9. The van der Waals surface area contributed by atoms with Gasteiger partial charge in [-0.1, -0.05) is 42.5 Å². The first-order valence-electron chi connectivity index (χ1n) is 12.6. The SMILES string of the molecule is CN[C@@H](Cc1ccc(O)cc1)C(=O)N[C@H](CN=C(N)N)C(=O)N[C@@H](Cc1ccccc1)C(=O)N(C)CCC(=O)O. The molecule has 0 saturated heterocycles. The van der Waals surface area contributed by atoms with E-state index in [4.69, 9.17) is 16.6 Å². The second kappa shape index (κ2) is 15.7.